The largest absolute Gasteiger partial charge is 0.394 e. The fraction of sp³-hybridized carbons (Fsp3) is 0.831. The van der Waals surface area contributed by atoms with Gasteiger partial charge in [-0.15, -0.1) is 0 Å². The number of rotatable bonds is 51. The molecule has 2 saturated heterocycles. The molecule has 0 radical (unpaired) electrons. The molecular formula is C65H117NO13. The Bertz CT molecular complexity index is 1560. The molecule has 9 N–H and O–H groups in total. The van der Waals surface area contributed by atoms with Crippen molar-refractivity contribution in [2.75, 3.05) is 19.8 Å². The van der Waals surface area contributed by atoms with Crippen LogP contribution in [0.4, 0.5) is 0 Å². The first-order valence-corrected chi connectivity index (χ1v) is 32.0. The van der Waals surface area contributed by atoms with Gasteiger partial charge in [-0.3, -0.25) is 4.79 Å². The summed E-state index contributed by atoms with van der Waals surface area (Å²) in [6.45, 7) is 2.73. The van der Waals surface area contributed by atoms with E-state index in [-0.39, 0.29) is 12.5 Å². The summed E-state index contributed by atoms with van der Waals surface area (Å²) in [6.07, 6.45) is 48.3. The summed E-state index contributed by atoms with van der Waals surface area (Å²) in [5.41, 5.74) is 0. The average Bonchev–Trinajstić information content (AvgIpc) is 3.47. The highest BCUT2D eigenvalue weighted by Crippen LogP contribution is 2.30. The van der Waals surface area contributed by atoms with Crippen molar-refractivity contribution >= 4 is 5.91 Å². The molecule has 12 unspecified atom stereocenters. The zero-order valence-electron chi connectivity index (χ0n) is 49.6. The number of ether oxygens (including phenoxy) is 4. The zero-order valence-corrected chi connectivity index (χ0v) is 49.6. The lowest BCUT2D eigenvalue weighted by atomic mass is 9.97. The molecule has 0 bridgehead atoms. The quantitative estimate of drug-likeness (QED) is 0.0204. The summed E-state index contributed by atoms with van der Waals surface area (Å²) in [6, 6.07) is -0.827. The average molecular weight is 1120 g/mol. The standard InChI is InChI=1S/C65H117NO13/c1-3-5-7-9-11-13-15-16-17-18-19-20-21-22-23-24-25-26-27-28-29-30-31-32-33-34-35-36-37-38-39-41-43-45-47-49-57(70)66-53(54(69)48-46-44-42-40-14-12-10-8-6-4-2)52-76-64-62(75)60(73)63(56(51-68)78-64)79-65-61(74)59(72)58(71)55(50-67)77-65/h5,7,11,13,16-17,19-20,22-23,53-56,58-65,67-69,71-75H,3-4,6,8-10,12,14-15,18,21,24-52H2,1-2H3,(H,66,70)/b7-5-,13-11-,17-16-,20-19-,23-22-. The lowest BCUT2D eigenvalue weighted by Crippen LogP contribution is -2.65. The molecule has 0 aromatic heterocycles. The van der Waals surface area contributed by atoms with Crippen molar-refractivity contribution < 1.29 is 64.6 Å². The van der Waals surface area contributed by atoms with Crippen molar-refractivity contribution in [2.45, 2.75) is 325 Å². The summed E-state index contributed by atoms with van der Waals surface area (Å²) >= 11 is 0. The van der Waals surface area contributed by atoms with Gasteiger partial charge in [0.2, 0.25) is 5.91 Å². The van der Waals surface area contributed by atoms with E-state index in [1.165, 1.54) is 141 Å². The van der Waals surface area contributed by atoms with Crippen LogP contribution in [-0.2, 0) is 23.7 Å². The van der Waals surface area contributed by atoms with Crippen molar-refractivity contribution in [3.05, 3.63) is 60.8 Å². The van der Waals surface area contributed by atoms with E-state index in [0.29, 0.717) is 12.8 Å². The molecule has 14 heteroatoms. The van der Waals surface area contributed by atoms with E-state index in [1.807, 2.05) is 0 Å². The van der Waals surface area contributed by atoms with E-state index in [4.69, 9.17) is 18.9 Å². The van der Waals surface area contributed by atoms with Gasteiger partial charge in [-0.05, 0) is 57.8 Å². The first-order chi connectivity index (χ1) is 38.6. The third kappa shape index (κ3) is 35.4. The van der Waals surface area contributed by atoms with Crippen LogP contribution in [0.2, 0.25) is 0 Å². The fourth-order valence-electron chi connectivity index (χ4n) is 10.4. The zero-order chi connectivity index (χ0) is 57.4. The monoisotopic (exact) mass is 1120 g/mol. The van der Waals surface area contributed by atoms with Gasteiger partial charge in [-0.2, -0.15) is 0 Å². The number of nitrogens with one attached hydrogen (secondary N) is 1. The molecule has 2 heterocycles. The second kappa shape index (κ2) is 50.2. The number of carbonyl (C=O) groups is 1. The van der Waals surface area contributed by atoms with Gasteiger partial charge in [0.25, 0.3) is 0 Å². The van der Waals surface area contributed by atoms with Gasteiger partial charge >= 0.3 is 0 Å². The van der Waals surface area contributed by atoms with Crippen molar-refractivity contribution in [3.8, 4) is 0 Å². The molecule has 0 aromatic carbocycles. The summed E-state index contributed by atoms with van der Waals surface area (Å²) in [7, 11) is 0. The maximum atomic E-state index is 13.3. The Balaban J connectivity index is 1.57. The number of carbonyl (C=O) groups excluding carboxylic acids is 1. The smallest absolute Gasteiger partial charge is 0.220 e. The number of amides is 1. The van der Waals surface area contributed by atoms with Gasteiger partial charge in [0, 0.05) is 6.42 Å². The minimum atomic E-state index is -1.78. The van der Waals surface area contributed by atoms with Crippen LogP contribution in [0.25, 0.3) is 0 Å². The van der Waals surface area contributed by atoms with Gasteiger partial charge < -0.3 is 65.1 Å². The van der Waals surface area contributed by atoms with Crippen LogP contribution >= 0.6 is 0 Å². The number of aliphatic hydroxyl groups is 8. The molecule has 2 aliphatic rings. The van der Waals surface area contributed by atoms with E-state index in [0.717, 1.165) is 83.5 Å². The lowest BCUT2D eigenvalue weighted by Gasteiger charge is -2.46. The third-order valence-corrected chi connectivity index (χ3v) is 15.5. The Morgan fingerprint density at radius 3 is 1.34 bits per heavy atom. The van der Waals surface area contributed by atoms with E-state index in [9.17, 15) is 45.6 Å². The molecule has 1 amide bonds. The molecule has 0 spiro atoms. The van der Waals surface area contributed by atoms with Crippen LogP contribution in [-0.4, -0.2) is 140 Å². The van der Waals surface area contributed by atoms with Gasteiger partial charge in [-0.1, -0.05) is 248 Å². The Hall–Kier alpha value is -2.31. The molecular weight excluding hydrogens is 1000 g/mol. The number of aliphatic hydroxyl groups excluding tert-OH is 8. The van der Waals surface area contributed by atoms with E-state index >= 15 is 0 Å². The molecule has 2 aliphatic heterocycles. The third-order valence-electron chi connectivity index (χ3n) is 15.5. The minimum Gasteiger partial charge on any atom is -0.394 e. The van der Waals surface area contributed by atoms with Gasteiger partial charge in [-0.25, -0.2) is 0 Å². The first kappa shape index (κ1) is 72.8. The first-order valence-electron chi connectivity index (χ1n) is 32.0. The van der Waals surface area contributed by atoms with Gasteiger partial charge in [0.05, 0.1) is 32.0 Å². The van der Waals surface area contributed by atoms with E-state index in [2.05, 4.69) is 79.9 Å². The highest BCUT2D eigenvalue weighted by atomic mass is 16.7. The summed E-state index contributed by atoms with van der Waals surface area (Å²) in [4.78, 5) is 13.3. The van der Waals surface area contributed by atoms with Crippen LogP contribution in [0.5, 0.6) is 0 Å². The SMILES string of the molecule is CC/C=C\C/C=C\C/C=C\C/C=C\C/C=C\CCCCCCCCCCCCCCCCCCCCCC(=O)NC(COC1OC(CO)C(OC2OC(CO)C(O)C(O)C2O)C(O)C1O)C(O)CCCCCCCCCCCC. The Morgan fingerprint density at radius 2 is 0.873 bits per heavy atom. The van der Waals surface area contributed by atoms with Gasteiger partial charge in [0.1, 0.15) is 48.8 Å². The second-order valence-electron chi connectivity index (χ2n) is 22.5. The Morgan fingerprint density at radius 1 is 0.468 bits per heavy atom. The predicted octanol–water partition coefficient (Wildman–Crippen LogP) is 11.7. The molecule has 2 rings (SSSR count). The topological polar surface area (TPSA) is 228 Å². The number of hydrogen-bond acceptors (Lipinski definition) is 13. The highest BCUT2D eigenvalue weighted by molar-refractivity contribution is 5.76. The van der Waals surface area contributed by atoms with Crippen LogP contribution < -0.4 is 5.32 Å². The maximum absolute atomic E-state index is 13.3. The summed E-state index contributed by atoms with van der Waals surface area (Å²) in [5, 5.41) is 87.1. The Kier molecular flexibility index (Phi) is 46.3. The highest BCUT2D eigenvalue weighted by Gasteiger charge is 2.51. The molecule has 79 heavy (non-hydrogen) atoms. The summed E-state index contributed by atoms with van der Waals surface area (Å²) in [5.74, 6) is -0.207. The fourth-order valence-corrected chi connectivity index (χ4v) is 10.4. The second-order valence-corrected chi connectivity index (χ2v) is 22.5. The van der Waals surface area contributed by atoms with Crippen molar-refractivity contribution in [3.63, 3.8) is 0 Å². The van der Waals surface area contributed by atoms with E-state index < -0.39 is 86.8 Å². The maximum Gasteiger partial charge on any atom is 0.220 e. The Labute approximate surface area is 479 Å². The number of unbranched alkanes of at least 4 members (excludes halogenated alkanes) is 28. The predicted molar refractivity (Wildman–Crippen MR) is 318 cm³/mol. The van der Waals surface area contributed by atoms with E-state index in [1.54, 1.807) is 0 Å². The molecule has 2 fully saturated rings. The molecule has 460 valence electrons. The molecule has 14 nitrogen and oxygen atoms in total. The van der Waals surface area contributed by atoms with Crippen molar-refractivity contribution in [1.82, 2.24) is 5.32 Å². The van der Waals surface area contributed by atoms with Crippen molar-refractivity contribution in [2.24, 2.45) is 0 Å². The number of allylic oxidation sites excluding steroid dienone is 10. The molecule has 0 aliphatic carbocycles. The normalized spacial score (nSPS) is 24.8. The van der Waals surface area contributed by atoms with Crippen molar-refractivity contribution in [1.29, 1.82) is 0 Å². The molecule has 0 aromatic rings. The molecule has 12 atom stereocenters. The van der Waals surface area contributed by atoms with Crippen LogP contribution in [0.3, 0.4) is 0 Å². The minimum absolute atomic E-state index is 0.207. The van der Waals surface area contributed by atoms with Crippen LogP contribution in [0, 0.1) is 0 Å². The lowest BCUT2D eigenvalue weighted by molar-refractivity contribution is -0.359. The van der Waals surface area contributed by atoms with Crippen LogP contribution in [0.15, 0.2) is 60.8 Å². The number of hydrogen-bond donors (Lipinski definition) is 9. The summed E-state index contributed by atoms with van der Waals surface area (Å²) < 4.78 is 22.8. The van der Waals surface area contributed by atoms with Gasteiger partial charge in [0.15, 0.2) is 12.6 Å². The molecule has 0 saturated carbocycles. The van der Waals surface area contributed by atoms with Crippen LogP contribution in [0.1, 0.15) is 251 Å².